The zero-order valence-corrected chi connectivity index (χ0v) is 11.2. The Morgan fingerprint density at radius 3 is 2.19 bits per heavy atom. The minimum atomic E-state index is 0. The smallest absolute Gasteiger partial charge is 0.0107 e. The van der Waals surface area contributed by atoms with E-state index in [2.05, 4.69) is 10.2 Å². The Bertz CT molecular complexity index is 161. The Hall–Kier alpha value is 0.210. The molecule has 0 atom stereocenters. The van der Waals surface area contributed by atoms with Crippen LogP contribution in [0.1, 0.15) is 44.9 Å². The van der Waals surface area contributed by atoms with Crippen molar-refractivity contribution in [3.63, 3.8) is 0 Å². The van der Waals surface area contributed by atoms with E-state index in [4.69, 9.17) is 0 Å². The van der Waals surface area contributed by atoms with Crippen LogP contribution in [0.25, 0.3) is 0 Å². The van der Waals surface area contributed by atoms with Crippen LogP contribution < -0.4 is 5.32 Å². The van der Waals surface area contributed by atoms with Crippen molar-refractivity contribution in [2.45, 2.75) is 44.9 Å². The molecule has 1 aliphatic carbocycles. The molecule has 0 aromatic rings. The third-order valence-corrected chi connectivity index (χ3v) is 4.04. The van der Waals surface area contributed by atoms with E-state index >= 15 is 0 Å². The molecular weight excluding hydrogens is 220 g/mol. The van der Waals surface area contributed by atoms with Crippen molar-refractivity contribution in [3.05, 3.63) is 0 Å². The minimum Gasteiger partial charge on any atom is -0.314 e. The van der Waals surface area contributed by atoms with Gasteiger partial charge in [0.05, 0.1) is 0 Å². The van der Waals surface area contributed by atoms with Crippen LogP contribution in [0.5, 0.6) is 0 Å². The van der Waals surface area contributed by atoms with E-state index in [1.807, 2.05) is 0 Å². The summed E-state index contributed by atoms with van der Waals surface area (Å²) < 4.78 is 0. The number of hydrogen-bond donors (Lipinski definition) is 1. The summed E-state index contributed by atoms with van der Waals surface area (Å²) in [6.07, 6.45) is 10.4. The first kappa shape index (κ1) is 14.3. The number of nitrogens with zero attached hydrogens (tertiary/aromatic N) is 1. The first-order valence-corrected chi connectivity index (χ1v) is 6.88. The second-order valence-corrected chi connectivity index (χ2v) is 5.24. The van der Waals surface area contributed by atoms with Gasteiger partial charge in [0.25, 0.3) is 0 Å². The molecule has 2 nitrogen and oxygen atoms in total. The highest BCUT2D eigenvalue weighted by atomic mass is 35.5. The quantitative estimate of drug-likeness (QED) is 0.771. The van der Waals surface area contributed by atoms with E-state index in [0.717, 1.165) is 5.92 Å². The van der Waals surface area contributed by atoms with Crippen molar-refractivity contribution >= 4 is 12.4 Å². The molecule has 96 valence electrons. The maximum atomic E-state index is 3.42. The van der Waals surface area contributed by atoms with Crippen LogP contribution in [0.2, 0.25) is 0 Å². The summed E-state index contributed by atoms with van der Waals surface area (Å²) in [6, 6.07) is 0. The molecule has 3 heteroatoms. The molecule has 0 spiro atoms. The number of piperazine rings is 1. The zero-order chi connectivity index (χ0) is 10.3. The number of rotatable bonds is 3. The lowest BCUT2D eigenvalue weighted by Crippen LogP contribution is -2.44. The van der Waals surface area contributed by atoms with Gasteiger partial charge in [-0.2, -0.15) is 0 Å². The summed E-state index contributed by atoms with van der Waals surface area (Å²) in [5, 5.41) is 3.42. The Balaban J connectivity index is 0.00000128. The number of halogens is 1. The summed E-state index contributed by atoms with van der Waals surface area (Å²) in [5.74, 6) is 1.04. The van der Waals surface area contributed by atoms with E-state index in [1.54, 1.807) is 0 Å². The zero-order valence-electron chi connectivity index (χ0n) is 10.4. The average molecular weight is 247 g/mol. The molecule has 1 saturated heterocycles. The van der Waals surface area contributed by atoms with Gasteiger partial charge in [-0.25, -0.2) is 0 Å². The van der Waals surface area contributed by atoms with Crippen LogP contribution in [0.3, 0.4) is 0 Å². The lowest BCUT2D eigenvalue weighted by Gasteiger charge is -2.28. The standard InChI is InChI=1S/C13H26N2.ClH/c1-2-4-6-13(5-3-1)7-10-15-11-8-14-9-12-15;/h13-14H,1-12H2;1H. The van der Waals surface area contributed by atoms with Crippen LogP contribution in [0, 0.1) is 5.92 Å². The first-order valence-electron chi connectivity index (χ1n) is 6.88. The average Bonchev–Trinajstić information content (AvgIpc) is 2.56. The molecule has 1 N–H and O–H groups in total. The number of hydrogen-bond acceptors (Lipinski definition) is 2. The summed E-state index contributed by atoms with van der Waals surface area (Å²) in [6.45, 7) is 6.29. The van der Waals surface area contributed by atoms with E-state index in [-0.39, 0.29) is 12.4 Å². The fraction of sp³-hybridized carbons (Fsp3) is 1.00. The number of nitrogens with one attached hydrogen (secondary N) is 1. The SMILES string of the molecule is C1CCCC(CCN2CCNCC2)CC1.Cl. The maximum absolute atomic E-state index is 3.42. The Morgan fingerprint density at radius 2 is 1.56 bits per heavy atom. The van der Waals surface area contributed by atoms with Crippen molar-refractivity contribution in [3.8, 4) is 0 Å². The minimum absolute atomic E-state index is 0. The summed E-state index contributed by atoms with van der Waals surface area (Å²) in [7, 11) is 0. The molecule has 2 aliphatic rings. The van der Waals surface area contributed by atoms with Gasteiger partial charge >= 0.3 is 0 Å². The van der Waals surface area contributed by atoms with Gasteiger partial charge in [0.1, 0.15) is 0 Å². The van der Waals surface area contributed by atoms with Crippen molar-refractivity contribution < 1.29 is 0 Å². The van der Waals surface area contributed by atoms with Gasteiger partial charge < -0.3 is 10.2 Å². The monoisotopic (exact) mass is 246 g/mol. The normalized spacial score (nSPS) is 24.8. The van der Waals surface area contributed by atoms with Crippen LogP contribution in [0.15, 0.2) is 0 Å². The molecule has 0 radical (unpaired) electrons. The van der Waals surface area contributed by atoms with Crippen LogP contribution >= 0.6 is 12.4 Å². The third-order valence-electron chi connectivity index (χ3n) is 4.04. The molecule has 2 rings (SSSR count). The molecule has 2 fully saturated rings. The molecule has 0 aromatic heterocycles. The van der Waals surface area contributed by atoms with E-state index in [9.17, 15) is 0 Å². The van der Waals surface area contributed by atoms with Crippen LogP contribution in [0.4, 0.5) is 0 Å². The van der Waals surface area contributed by atoms with Gasteiger partial charge in [-0.05, 0) is 18.9 Å². The Labute approximate surface area is 107 Å². The summed E-state index contributed by atoms with van der Waals surface area (Å²) >= 11 is 0. The van der Waals surface area contributed by atoms with Crippen molar-refractivity contribution in [2.24, 2.45) is 5.92 Å². The maximum Gasteiger partial charge on any atom is 0.0107 e. The van der Waals surface area contributed by atoms with Crippen LogP contribution in [-0.2, 0) is 0 Å². The highest BCUT2D eigenvalue weighted by Gasteiger charge is 2.15. The highest BCUT2D eigenvalue weighted by molar-refractivity contribution is 5.85. The molecule has 0 unspecified atom stereocenters. The third kappa shape index (κ3) is 5.03. The van der Waals surface area contributed by atoms with Gasteiger partial charge in [0.15, 0.2) is 0 Å². The van der Waals surface area contributed by atoms with Crippen molar-refractivity contribution in [1.82, 2.24) is 10.2 Å². The molecule has 0 aromatic carbocycles. The molecular formula is C13H27ClN2. The van der Waals surface area contributed by atoms with E-state index < -0.39 is 0 Å². The predicted octanol–water partition coefficient (Wildman–Crippen LogP) is 2.67. The summed E-state index contributed by atoms with van der Waals surface area (Å²) in [5.41, 5.74) is 0. The van der Waals surface area contributed by atoms with Gasteiger partial charge in [-0.15, -0.1) is 12.4 Å². The molecule has 0 amide bonds. The molecule has 1 aliphatic heterocycles. The lowest BCUT2D eigenvalue weighted by atomic mass is 9.96. The van der Waals surface area contributed by atoms with E-state index in [0.29, 0.717) is 0 Å². The largest absolute Gasteiger partial charge is 0.314 e. The Morgan fingerprint density at radius 1 is 0.938 bits per heavy atom. The fourth-order valence-corrected chi connectivity index (χ4v) is 2.95. The van der Waals surface area contributed by atoms with Gasteiger partial charge in [0.2, 0.25) is 0 Å². The van der Waals surface area contributed by atoms with E-state index in [1.165, 1.54) is 77.7 Å². The van der Waals surface area contributed by atoms with Crippen molar-refractivity contribution in [2.75, 3.05) is 32.7 Å². The van der Waals surface area contributed by atoms with Crippen molar-refractivity contribution in [1.29, 1.82) is 0 Å². The van der Waals surface area contributed by atoms with Gasteiger partial charge in [0, 0.05) is 26.2 Å². The first-order chi connectivity index (χ1) is 7.45. The lowest BCUT2D eigenvalue weighted by molar-refractivity contribution is 0.219. The highest BCUT2D eigenvalue weighted by Crippen LogP contribution is 2.25. The molecule has 0 bridgehead atoms. The second kappa shape index (κ2) is 8.32. The van der Waals surface area contributed by atoms with Gasteiger partial charge in [-0.3, -0.25) is 0 Å². The van der Waals surface area contributed by atoms with Crippen LogP contribution in [-0.4, -0.2) is 37.6 Å². The topological polar surface area (TPSA) is 15.3 Å². The summed E-state index contributed by atoms with van der Waals surface area (Å²) in [4.78, 5) is 2.64. The second-order valence-electron chi connectivity index (χ2n) is 5.24. The Kier molecular flexibility index (Phi) is 7.42. The predicted molar refractivity (Wildman–Crippen MR) is 72.4 cm³/mol. The fourth-order valence-electron chi connectivity index (χ4n) is 2.95. The molecule has 1 saturated carbocycles. The van der Waals surface area contributed by atoms with Gasteiger partial charge in [-0.1, -0.05) is 38.5 Å². The molecule has 16 heavy (non-hydrogen) atoms. The molecule has 1 heterocycles.